The summed E-state index contributed by atoms with van der Waals surface area (Å²) in [6.45, 7) is 15.5. The number of primary amides is 1. The number of unbranched alkanes of at least 4 members (excludes halogenated alkanes) is 1. The van der Waals surface area contributed by atoms with Crippen LogP contribution in [0.15, 0.2) is 72.8 Å². The fourth-order valence-electron chi connectivity index (χ4n) is 13.2. The lowest BCUT2D eigenvalue weighted by atomic mass is 9.95. The normalized spacial score (nSPS) is 13.9. The average Bonchev–Trinajstić information content (AvgIpc) is 1.55. The molecule has 10 amide bonds. The van der Waals surface area contributed by atoms with Crippen molar-refractivity contribution in [2.24, 2.45) is 17.6 Å². The van der Waals surface area contributed by atoms with Gasteiger partial charge in [0, 0.05) is 74.7 Å². The van der Waals surface area contributed by atoms with E-state index in [1.54, 1.807) is 61.5 Å². The largest absolute Gasteiger partial charge is 0.461 e. The molecule has 686 valence electrons. The Balaban J connectivity index is 0.820. The van der Waals surface area contributed by atoms with Gasteiger partial charge in [-0.1, -0.05) is 106 Å². The van der Waals surface area contributed by atoms with E-state index in [9.17, 15) is 56.4 Å². The highest BCUT2D eigenvalue weighted by atomic mass is 32.2. The monoisotopic (exact) mass is 1760 g/mol. The minimum Gasteiger partial charge on any atom is -0.461 e. The van der Waals surface area contributed by atoms with Crippen molar-refractivity contribution < 1.29 is 108 Å². The molecule has 0 saturated carbocycles. The topological polar surface area (TPSA) is 504 Å². The Hall–Kier alpha value is -10.0. The number of rotatable bonds is 60. The Morgan fingerprint density at radius 1 is 0.548 bits per heavy atom. The molecule has 40 heteroatoms. The van der Waals surface area contributed by atoms with Crippen LogP contribution in [-0.2, 0) is 127 Å². The first-order valence-corrected chi connectivity index (χ1v) is 44.2. The summed E-state index contributed by atoms with van der Waals surface area (Å²) in [7, 11) is -4.16. The number of nitrogens with zero attached hydrogens (tertiary/aromatic N) is 7. The van der Waals surface area contributed by atoms with Crippen LogP contribution < -0.4 is 53.2 Å². The fourth-order valence-corrected chi connectivity index (χ4v) is 13.5. The standard InChI is InChI=1S/C84H126N16O23S/c1-58(2)76(82(108)92-68(22-16-34-89-84(85)110)80(106)90-63-27-25-61(26-28-63)56-123-83(109)59(3)4)93-81(107)67(21-14-15-33-86-74(104)57-122-70-24-9-7-8-20-66-79(70)99(96-94-66)37-41-117-45-49-121-53-51-118-46-42-114-38-31-72(102)88-36-54-124(111,112)113)91-73(103)32-39-115-43-47-119-50-52-120-48-44-116-40-35-87-71(101)29-30-75(105)98-55-62-17-10-11-18-64(62)78-77(95-97-100(78)60(5)6)65-19-12-13-23-69(65)98/h10-13,17-19,23,25-28,58-60,67-68,70,76H,7-9,14-16,20-22,24,29-57H2,1-6H3,(H,86,104)(H,87,101)(H,88,102)(H,90,106)(H,91,103)(H,92,108)(H,93,107)(H3,85,89,110)(H,111,112,113)/t67-,68+,70?,76+/m1/s1. The number of para-hydroxylation sites is 1. The first-order valence-electron chi connectivity index (χ1n) is 42.6. The Morgan fingerprint density at radius 2 is 1.13 bits per heavy atom. The predicted molar refractivity (Wildman–Crippen MR) is 455 cm³/mol. The number of aromatic nitrogens is 6. The molecule has 2 aromatic heterocycles. The molecular formula is C84H126N16O23S. The number of ether oxygens (including phenoxy) is 10. The van der Waals surface area contributed by atoms with Crippen LogP contribution in [0, 0.1) is 11.8 Å². The zero-order chi connectivity index (χ0) is 89.4. The molecule has 7 rings (SSSR count). The minimum absolute atomic E-state index is 0.0128. The van der Waals surface area contributed by atoms with Crippen LogP contribution >= 0.6 is 0 Å². The quantitative estimate of drug-likeness (QED) is 0.0145. The Kier molecular flexibility index (Phi) is 45.7. The van der Waals surface area contributed by atoms with E-state index >= 15 is 0 Å². The van der Waals surface area contributed by atoms with Crippen molar-refractivity contribution in [2.75, 3.05) is 154 Å². The highest BCUT2D eigenvalue weighted by molar-refractivity contribution is 7.85. The van der Waals surface area contributed by atoms with Gasteiger partial charge in [-0.15, -0.1) is 10.2 Å². The van der Waals surface area contributed by atoms with Gasteiger partial charge in [0.15, 0.2) is 0 Å². The summed E-state index contributed by atoms with van der Waals surface area (Å²) in [6.07, 6.45) is 4.51. The van der Waals surface area contributed by atoms with Gasteiger partial charge in [0.05, 0.1) is 153 Å². The van der Waals surface area contributed by atoms with Crippen molar-refractivity contribution >= 4 is 80.8 Å². The van der Waals surface area contributed by atoms with Crippen LogP contribution in [0.3, 0.4) is 0 Å². The SMILES string of the molecule is CC(C)C(=O)OCc1ccc(NC(=O)[C@H](CCCNC(N)=O)NC(=O)[C@@H](NC(=O)[C@@H](CCCCNC(=O)COC2CCCCCc3nnn(CCOCCOCCOCCOCCC(=O)NCCS(=O)(=O)O)c32)NC(=O)CCOCCOCCOCCOCCNC(=O)CCC(=O)N2Cc3ccccc3-c3c(nnn3C(C)C)-c3ccccc32)C(C)C)cc1. The molecule has 3 heterocycles. The molecule has 0 spiro atoms. The van der Waals surface area contributed by atoms with Crippen molar-refractivity contribution in [1.82, 2.24) is 67.2 Å². The summed E-state index contributed by atoms with van der Waals surface area (Å²) in [5.41, 5.74) is 12.9. The van der Waals surface area contributed by atoms with Gasteiger partial charge in [0.1, 0.15) is 43.1 Å². The zero-order valence-corrected chi connectivity index (χ0v) is 72.9. The molecule has 124 heavy (non-hydrogen) atoms. The van der Waals surface area contributed by atoms with Crippen LogP contribution in [0.2, 0.25) is 0 Å². The summed E-state index contributed by atoms with van der Waals surface area (Å²) in [5, 5.41) is 39.7. The lowest BCUT2D eigenvalue weighted by molar-refractivity contribution is -0.148. The van der Waals surface area contributed by atoms with Gasteiger partial charge in [-0.25, -0.2) is 14.2 Å². The summed E-state index contributed by atoms with van der Waals surface area (Å²) < 4.78 is 90.6. The maximum Gasteiger partial charge on any atom is 0.312 e. The van der Waals surface area contributed by atoms with E-state index in [0.29, 0.717) is 94.4 Å². The molecule has 39 nitrogen and oxygen atoms in total. The van der Waals surface area contributed by atoms with Crippen LogP contribution in [0.4, 0.5) is 16.2 Å². The second-order valence-electron chi connectivity index (χ2n) is 30.5. The molecule has 0 fully saturated rings. The Bertz CT molecular complexity index is 4260. The second-order valence-corrected chi connectivity index (χ2v) is 32.1. The average molecular weight is 1760 g/mol. The second kappa shape index (κ2) is 56.1. The molecule has 0 bridgehead atoms. The number of amides is 10. The number of urea groups is 1. The summed E-state index contributed by atoms with van der Waals surface area (Å²) in [5.74, 6) is -5.54. The van der Waals surface area contributed by atoms with Crippen molar-refractivity contribution in [1.29, 1.82) is 0 Å². The number of hydrogen-bond donors (Lipinski definition) is 10. The van der Waals surface area contributed by atoms with Gasteiger partial charge >= 0.3 is 12.0 Å². The van der Waals surface area contributed by atoms with E-state index in [1.165, 1.54) is 0 Å². The molecule has 11 N–H and O–H groups in total. The van der Waals surface area contributed by atoms with Gasteiger partial charge < -0.3 is 101 Å². The van der Waals surface area contributed by atoms with E-state index in [4.69, 9.17) is 57.7 Å². The number of carbonyl (C=O) groups is 10. The fraction of sp³-hybridized carbons (Fsp3) is 0.619. The molecular weight excluding hydrogens is 1630 g/mol. The molecule has 5 aromatic rings. The Morgan fingerprint density at radius 3 is 1.77 bits per heavy atom. The minimum atomic E-state index is -4.16. The highest BCUT2D eigenvalue weighted by Gasteiger charge is 2.34. The molecule has 0 radical (unpaired) electrons. The highest BCUT2D eigenvalue weighted by Crippen LogP contribution is 2.42. The van der Waals surface area contributed by atoms with E-state index in [1.807, 2.05) is 53.2 Å². The number of fused-ring (bicyclic) bond motifs is 6. The van der Waals surface area contributed by atoms with E-state index in [0.717, 1.165) is 53.0 Å². The van der Waals surface area contributed by atoms with Crippen molar-refractivity contribution in [3.05, 3.63) is 95.3 Å². The number of hydrogen-bond acceptors (Lipinski definition) is 26. The lowest BCUT2D eigenvalue weighted by Gasteiger charge is -2.28. The first kappa shape index (κ1) is 101. The van der Waals surface area contributed by atoms with Gasteiger partial charge in [0.25, 0.3) is 10.1 Å². The molecule has 1 aliphatic heterocycles. The van der Waals surface area contributed by atoms with Gasteiger partial charge in [-0.2, -0.15) is 8.42 Å². The number of esters is 1. The Labute approximate surface area is 724 Å². The van der Waals surface area contributed by atoms with E-state index < -0.39 is 81.6 Å². The molecule has 2 aliphatic rings. The maximum absolute atomic E-state index is 14.4. The molecule has 3 aromatic carbocycles. The molecule has 1 aliphatic carbocycles. The molecule has 1 unspecified atom stereocenters. The number of carbonyl (C=O) groups excluding carboxylic acids is 10. The number of anilines is 2. The van der Waals surface area contributed by atoms with Crippen molar-refractivity contribution in [3.63, 3.8) is 0 Å². The first-order chi connectivity index (χ1) is 59.8. The third-order valence-electron chi connectivity index (χ3n) is 19.7. The van der Waals surface area contributed by atoms with Crippen LogP contribution in [0.25, 0.3) is 22.5 Å². The van der Waals surface area contributed by atoms with Gasteiger partial charge in [-0.05, 0) is 100 Å². The number of aryl methyl sites for hydroxylation is 1. The summed E-state index contributed by atoms with van der Waals surface area (Å²) in [4.78, 5) is 134. The van der Waals surface area contributed by atoms with Gasteiger partial charge in [-0.3, -0.25) is 47.7 Å². The number of benzene rings is 3. The third-order valence-corrected chi connectivity index (χ3v) is 20.5. The zero-order valence-electron chi connectivity index (χ0n) is 72.1. The lowest BCUT2D eigenvalue weighted by Crippen LogP contribution is -2.57. The van der Waals surface area contributed by atoms with Crippen LogP contribution in [-0.4, -0.2) is 265 Å². The number of nitrogens with one attached hydrogen (secondary N) is 8. The van der Waals surface area contributed by atoms with Gasteiger partial charge in [0.2, 0.25) is 47.3 Å². The van der Waals surface area contributed by atoms with E-state index in [-0.39, 0.29) is 193 Å². The van der Waals surface area contributed by atoms with Crippen molar-refractivity contribution in [2.45, 2.75) is 181 Å². The summed E-state index contributed by atoms with van der Waals surface area (Å²) in [6, 6.07) is 17.9. The smallest absolute Gasteiger partial charge is 0.312 e. The van der Waals surface area contributed by atoms with Crippen LogP contribution in [0.1, 0.15) is 160 Å². The van der Waals surface area contributed by atoms with Crippen molar-refractivity contribution in [3.8, 4) is 22.5 Å². The molecule has 4 atom stereocenters. The molecule has 0 saturated heterocycles. The predicted octanol–water partition coefficient (Wildman–Crippen LogP) is 4.50. The maximum atomic E-state index is 14.4. The van der Waals surface area contributed by atoms with E-state index in [2.05, 4.69) is 77.0 Å². The number of nitrogens with two attached hydrogens (primary N) is 1. The summed E-state index contributed by atoms with van der Waals surface area (Å²) >= 11 is 0. The third kappa shape index (κ3) is 37.4. The van der Waals surface area contributed by atoms with Crippen LogP contribution in [0.5, 0.6) is 0 Å².